The van der Waals surface area contributed by atoms with Gasteiger partial charge in [0.1, 0.15) is 10.9 Å². The molecule has 3 nitrogen and oxygen atoms in total. The topological polar surface area (TPSA) is 60.4 Å². The summed E-state index contributed by atoms with van der Waals surface area (Å²) in [5.74, 6) is 0. The Morgan fingerprint density at radius 3 is 0.618 bits per heavy atom. The van der Waals surface area contributed by atoms with Crippen LogP contribution in [0.2, 0.25) is 0 Å². The lowest BCUT2D eigenvalue weighted by Crippen LogP contribution is -2.20. The second kappa shape index (κ2) is 39.0. The molecule has 3 rings (SSSR count). The van der Waals surface area contributed by atoms with Crippen LogP contribution >= 0.6 is 0 Å². The van der Waals surface area contributed by atoms with E-state index >= 15 is 0 Å². The molecule has 0 aromatic heterocycles. The molecule has 0 unspecified atom stereocenters. The normalized spacial score (nSPS) is 11.4. The van der Waals surface area contributed by atoms with Crippen molar-refractivity contribution in [3.63, 3.8) is 0 Å². The number of hydrogen-bond donors (Lipinski definition) is 1. The fraction of sp³-hybridized carbons (Fsp3) is 0.703. The molecule has 3 aromatic carbocycles. The molecule has 3 aromatic rings. The minimum Gasteiger partial charge on any atom is -0.565 e. The molecule has 0 radical (unpaired) electrons. The minimum absolute atomic E-state index is 0.163. The Bertz CT molecular complexity index is 1470. The Hall–Kier alpha value is -2.72. The van der Waals surface area contributed by atoms with Gasteiger partial charge in [0.05, 0.1) is 0 Å². The summed E-state index contributed by atoms with van der Waals surface area (Å²) in [5, 5.41) is 15.3. The number of carboxylic acid groups (broad SMARTS) is 2. The molecule has 0 aliphatic carbocycles. The van der Waals surface area contributed by atoms with E-state index in [1.165, 1.54) is 231 Å². The molecular weight excluding hydrogens is 849 g/mol. The number of unbranched alkanes of at least 4 members (excludes halogenated alkanes) is 18. The zero-order valence-corrected chi connectivity index (χ0v) is 46.9. The van der Waals surface area contributed by atoms with Crippen LogP contribution < -0.4 is 5.11 Å². The van der Waals surface area contributed by atoms with Crippen molar-refractivity contribution < 1.29 is 15.0 Å². The largest absolute Gasteiger partial charge is 0.565 e. The lowest BCUT2D eigenvalue weighted by atomic mass is 9.94. The zero-order chi connectivity index (χ0) is 49.8. The molecule has 386 valence electrons. The molecule has 68 heavy (non-hydrogen) atoms. The predicted molar refractivity (Wildman–Crippen MR) is 299 cm³/mol. The van der Waals surface area contributed by atoms with E-state index in [2.05, 4.69) is 98.7 Å². The van der Waals surface area contributed by atoms with Gasteiger partial charge in [0.25, 0.3) is 0 Å². The highest BCUT2D eigenvalue weighted by atomic mass is 32.2. The highest BCUT2D eigenvalue weighted by Crippen LogP contribution is 2.46. The molecule has 0 aliphatic rings. The molecule has 0 amide bonds. The second-order valence-electron chi connectivity index (χ2n) is 20.4. The van der Waals surface area contributed by atoms with Crippen molar-refractivity contribution in [3.8, 4) is 0 Å². The number of benzene rings is 3. The quantitative estimate of drug-likeness (QED) is 0.0458. The first-order valence-electron chi connectivity index (χ1n) is 29.3. The van der Waals surface area contributed by atoms with Crippen LogP contribution in [-0.2, 0) is 68.7 Å². The summed E-state index contributed by atoms with van der Waals surface area (Å²) in [6.07, 6.45) is 44.3. The first-order chi connectivity index (χ1) is 33.2. The van der Waals surface area contributed by atoms with Crippen LogP contribution in [0.3, 0.4) is 0 Å². The molecular formula is C64H106O3S. The molecule has 0 atom stereocenters. The fourth-order valence-corrected chi connectivity index (χ4v) is 13.4. The molecule has 0 saturated heterocycles. The number of carbonyl (C=O) groups is 1. The van der Waals surface area contributed by atoms with Crippen molar-refractivity contribution in [2.24, 2.45) is 0 Å². The van der Waals surface area contributed by atoms with Crippen molar-refractivity contribution in [2.75, 3.05) is 0 Å². The predicted octanol–water partition coefficient (Wildman–Crippen LogP) is 19.3. The smallest absolute Gasteiger partial charge is 0.249 e. The maximum Gasteiger partial charge on any atom is 0.249 e. The Morgan fingerprint density at radius 1 is 0.324 bits per heavy atom. The monoisotopic (exact) mass is 955 g/mol. The van der Waals surface area contributed by atoms with E-state index in [1.807, 2.05) is 0 Å². The molecule has 0 aliphatic heterocycles. The van der Waals surface area contributed by atoms with E-state index in [1.54, 1.807) is 64.8 Å². The van der Waals surface area contributed by atoms with Crippen LogP contribution in [-0.4, -0.2) is 11.3 Å². The first-order valence-corrected chi connectivity index (χ1v) is 30.5. The summed E-state index contributed by atoms with van der Waals surface area (Å²) >= 11 is 0. The third kappa shape index (κ3) is 23.5. The van der Waals surface area contributed by atoms with Crippen LogP contribution in [0.25, 0.3) is 0 Å². The lowest BCUT2D eigenvalue weighted by molar-refractivity contribution is -0.275. The maximum absolute atomic E-state index is 8.44. The van der Waals surface area contributed by atoms with Crippen molar-refractivity contribution in [3.05, 3.63) is 86.5 Å². The van der Waals surface area contributed by atoms with E-state index in [0.717, 1.165) is 0 Å². The summed E-state index contributed by atoms with van der Waals surface area (Å²) in [5.41, 5.74) is 15.3. The summed E-state index contributed by atoms with van der Waals surface area (Å²) in [4.78, 5) is 13.8. The summed E-state index contributed by atoms with van der Waals surface area (Å²) in [7, 11) is -0.163. The van der Waals surface area contributed by atoms with Crippen LogP contribution in [0.5, 0.6) is 0 Å². The van der Waals surface area contributed by atoms with E-state index in [9.17, 15) is 0 Å². The summed E-state index contributed by atoms with van der Waals surface area (Å²) in [6, 6.07) is 16.8. The van der Waals surface area contributed by atoms with Crippen molar-refractivity contribution in [1.82, 2.24) is 0 Å². The minimum atomic E-state index is -2.08. The standard InChI is InChI=1S/C63H105S.CH2O3/c1-10-19-28-37-52-46-55(40-31-22-13-4)61(56(47-52)41-32-23-14-5)64(62-57(42-33-24-15-6)48-53(38-29-20-11-2)49-58(62)43-34-25-16-7)63-59(44-35-26-17-8)50-54(39-30-21-12-3)51-60(63)45-36-27-18-9;2-1(3)4/h46-51H,10-45H2,1-9H3;(H2,2,3,4)/q+1;/p-1. The molecule has 1 N–H and O–H groups in total. The highest BCUT2D eigenvalue weighted by Gasteiger charge is 2.41. The van der Waals surface area contributed by atoms with E-state index in [-0.39, 0.29) is 10.9 Å². The Labute approximate surface area is 424 Å². The van der Waals surface area contributed by atoms with Crippen molar-refractivity contribution in [1.29, 1.82) is 0 Å². The fourth-order valence-electron chi connectivity index (χ4n) is 10.2. The maximum atomic E-state index is 8.44. The van der Waals surface area contributed by atoms with Crippen LogP contribution in [0, 0.1) is 0 Å². The Balaban J connectivity index is 0.00000381. The van der Waals surface area contributed by atoms with E-state index in [0.29, 0.717) is 0 Å². The van der Waals surface area contributed by atoms with Gasteiger partial charge in [-0.25, -0.2) is 0 Å². The molecule has 0 spiro atoms. The Kier molecular flexibility index (Phi) is 35.2. The second-order valence-corrected chi connectivity index (χ2v) is 22.3. The van der Waals surface area contributed by atoms with Crippen LogP contribution in [0.1, 0.15) is 286 Å². The van der Waals surface area contributed by atoms with Gasteiger partial charge in [-0.15, -0.1) is 0 Å². The molecule has 0 heterocycles. The highest BCUT2D eigenvalue weighted by molar-refractivity contribution is 7.97. The van der Waals surface area contributed by atoms with Gasteiger partial charge in [0.15, 0.2) is 14.7 Å². The van der Waals surface area contributed by atoms with Crippen LogP contribution in [0.15, 0.2) is 51.1 Å². The van der Waals surface area contributed by atoms with Gasteiger partial charge < -0.3 is 15.0 Å². The van der Waals surface area contributed by atoms with E-state index in [4.69, 9.17) is 15.0 Å². The third-order valence-corrected chi connectivity index (χ3v) is 16.8. The van der Waals surface area contributed by atoms with Gasteiger partial charge in [0.2, 0.25) is 6.16 Å². The van der Waals surface area contributed by atoms with Crippen LogP contribution in [0.4, 0.5) is 4.79 Å². The summed E-state index contributed by atoms with van der Waals surface area (Å²) < 4.78 is 0. The number of hydrogen-bond acceptors (Lipinski definition) is 2. The van der Waals surface area contributed by atoms with Gasteiger partial charge in [-0.3, -0.25) is 0 Å². The van der Waals surface area contributed by atoms with Crippen molar-refractivity contribution in [2.45, 2.75) is 308 Å². The van der Waals surface area contributed by atoms with Crippen molar-refractivity contribution >= 4 is 17.1 Å². The molecule has 4 heteroatoms. The molecule has 0 bridgehead atoms. The van der Waals surface area contributed by atoms with E-state index < -0.39 is 6.16 Å². The van der Waals surface area contributed by atoms with Gasteiger partial charge in [-0.2, -0.15) is 0 Å². The van der Waals surface area contributed by atoms with Gasteiger partial charge in [-0.05, 0) is 132 Å². The van der Waals surface area contributed by atoms with Gasteiger partial charge in [-0.1, -0.05) is 214 Å². The van der Waals surface area contributed by atoms with Gasteiger partial charge >= 0.3 is 0 Å². The molecule has 0 fully saturated rings. The van der Waals surface area contributed by atoms with Gasteiger partial charge in [0, 0.05) is 33.4 Å². The Morgan fingerprint density at radius 2 is 0.471 bits per heavy atom. The lowest BCUT2D eigenvalue weighted by Gasteiger charge is -2.25. The third-order valence-electron chi connectivity index (χ3n) is 14.0. The average molecular weight is 956 g/mol. The first kappa shape index (κ1) is 61.4. The SMILES string of the molecule is CCCCCc1cc(CCCCC)c([S+](c2c(CCCCC)cc(CCCCC)cc2CCCCC)c2c(CCCCC)cc(CCCCC)cc2CCCCC)c(CCCCC)c1.O=C([O-])O. The zero-order valence-electron chi connectivity index (χ0n) is 46.1. The molecule has 0 saturated carbocycles. The summed E-state index contributed by atoms with van der Waals surface area (Å²) in [6.45, 7) is 21.6. The average Bonchev–Trinajstić information content (AvgIpc) is 3.31. The number of aryl methyl sites for hydroxylation is 9. The number of rotatable bonds is 39.